The number of thioether (sulfide) groups is 1. The summed E-state index contributed by atoms with van der Waals surface area (Å²) in [5.74, 6) is 0.932. The van der Waals surface area contributed by atoms with Crippen LogP contribution < -0.4 is 5.32 Å². The first-order valence-corrected chi connectivity index (χ1v) is 10.4. The normalized spacial score (nSPS) is 10.7. The number of nitrogens with one attached hydrogen (secondary N) is 1. The van der Waals surface area contributed by atoms with E-state index in [1.54, 1.807) is 23.1 Å². The number of benzene rings is 1. The average molecular weight is 413 g/mol. The van der Waals surface area contributed by atoms with Crippen molar-refractivity contribution in [1.29, 1.82) is 0 Å². The van der Waals surface area contributed by atoms with E-state index < -0.39 is 0 Å². The molecule has 2 aromatic rings. The summed E-state index contributed by atoms with van der Waals surface area (Å²) in [4.78, 5) is 17.4. The fourth-order valence-electron chi connectivity index (χ4n) is 2.05. The number of thiazole rings is 1. The molecular weight excluding hydrogens is 392 g/mol. The van der Waals surface area contributed by atoms with Crippen LogP contribution in [0.2, 0.25) is 0 Å². The van der Waals surface area contributed by atoms with Crippen LogP contribution in [0.3, 0.4) is 0 Å². The molecule has 0 radical (unpaired) electrons. The van der Waals surface area contributed by atoms with E-state index >= 15 is 0 Å². The molecule has 23 heavy (non-hydrogen) atoms. The Kier molecular flexibility index (Phi) is 8.12. The van der Waals surface area contributed by atoms with E-state index in [0.29, 0.717) is 6.42 Å². The van der Waals surface area contributed by atoms with Gasteiger partial charge < -0.3 is 5.32 Å². The zero-order valence-corrected chi connectivity index (χ0v) is 16.4. The maximum absolute atomic E-state index is 11.8. The molecule has 0 aliphatic carbocycles. The summed E-state index contributed by atoms with van der Waals surface area (Å²) in [5, 5.41) is 6.27. The highest BCUT2D eigenvalue weighted by molar-refractivity contribution is 9.10. The van der Waals surface area contributed by atoms with E-state index in [0.717, 1.165) is 41.7 Å². The van der Waals surface area contributed by atoms with Gasteiger partial charge in [0.25, 0.3) is 0 Å². The van der Waals surface area contributed by atoms with Crippen molar-refractivity contribution in [2.75, 3.05) is 12.3 Å². The lowest BCUT2D eigenvalue weighted by molar-refractivity contribution is -0.120. The number of carbonyl (C=O) groups is 1. The van der Waals surface area contributed by atoms with Crippen LogP contribution in [0.5, 0.6) is 0 Å². The molecule has 1 aromatic heterocycles. The molecule has 0 saturated heterocycles. The minimum atomic E-state index is 0.134. The van der Waals surface area contributed by atoms with Gasteiger partial charge >= 0.3 is 0 Å². The molecule has 2 rings (SSSR count). The van der Waals surface area contributed by atoms with Crippen molar-refractivity contribution < 1.29 is 4.79 Å². The van der Waals surface area contributed by atoms with Crippen molar-refractivity contribution in [3.05, 3.63) is 44.8 Å². The van der Waals surface area contributed by atoms with Crippen LogP contribution >= 0.6 is 39.0 Å². The van der Waals surface area contributed by atoms with Crippen molar-refractivity contribution in [3.63, 3.8) is 0 Å². The lowest BCUT2D eigenvalue weighted by Crippen LogP contribution is -2.24. The number of hydrogen-bond donors (Lipinski definition) is 1. The number of amides is 1. The van der Waals surface area contributed by atoms with Crippen molar-refractivity contribution >= 4 is 44.9 Å². The summed E-state index contributed by atoms with van der Waals surface area (Å²) in [6.45, 7) is 2.77. The molecule has 6 heteroatoms. The maximum Gasteiger partial charge on any atom is 0.220 e. The molecule has 0 bridgehead atoms. The fraction of sp³-hybridized carbons (Fsp3) is 0.412. The van der Waals surface area contributed by atoms with Crippen LogP contribution in [0.1, 0.15) is 30.0 Å². The van der Waals surface area contributed by atoms with Crippen molar-refractivity contribution in [1.82, 2.24) is 10.3 Å². The van der Waals surface area contributed by atoms with Crippen LogP contribution in [-0.2, 0) is 11.2 Å². The SMILES string of the molecule is Cc1csc(CCCCNC(=O)CCSc2ccccc2Br)n1. The molecule has 0 atom stereocenters. The zero-order chi connectivity index (χ0) is 16.5. The lowest BCUT2D eigenvalue weighted by Gasteiger charge is -2.06. The number of nitrogens with zero attached hydrogens (tertiary/aromatic N) is 1. The molecule has 124 valence electrons. The maximum atomic E-state index is 11.8. The van der Waals surface area contributed by atoms with Gasteiger partial charge in [0.2, 0.25) is 5.91 Å². The standard InChI is InChI=1S/C17H21BrN2OS2/c1-13-12-23-17(20-13)8-4-5-10-19-16(21)9-11-22-15-7-3-2-6-14(15)18/h2-3,6-7,12H,4-5,8-11H2,1H3,(H,19,21). The number of halogens is 1. The van der Waals surface area contributed by atoms with Crippen molar-refractivity contribution in [2.24, 2.45) is 0 Å². The second-order valence-electron chi connectivity index (χ2n) is 5.22. The summed E-state index contributed by atoms with van der Waals surface area (Å²) in [7, 11) is 0. The first kappa shape index (κ1) is 18.5. The Balaban J connectivity index is 1.52. The first-order chi connectivity index (χ1) is 11.1. The van der Waals surface area contributed by atoms with Crippen LogP contribution in [0.25, 0.3) is 0 Å². The molecule has 1 amide bonds. The van der Waals surface area contributed by atoms with Gasteiger partial charge in [-0.05, 0) is 54.2 Å². The molecule has 0 aliphatic heterocycles. The van der Waals surface area contributed by atoms with Gasteiger partial charge in [0.15, 0.2) is 0 Å². The first-order valence-electron chi connectivity index (χ1n) is 7.70. The van der Waals surface area contributed by atoms with Gasteiger partial charge in [-0.3, -0.25) is 4.79 Å². The summed E-state index contributed by atoms with van der Waals surface area (Å²) in [6, 6.07) is 8.09. The van der Waals surface area contributed by atoms with E-state index in [1.165, 1.54) is 9.90 Å². The van der Waals surface area contributed by atoms with Crippen LogP contribution in [0.15, 0.2) is 39.0 Å². The van der Waals surface area contributed by atoms with Crippen LogP contribution in [-0.4, -0.2) is 23.2 Å². The van der Waals surface area contributed by atoms with Gasteiger partial charge in [0.1, 0.15) is 0 Å². The highest BCUT2D eigenvalue weighted by Gasteiger charge is 2.04. The number of unbranched alkanes of at least 4 members (excludes halogenated alkanes) is 1. The Morgan fingerprint density at radius 1 is 1.35 bits per heavy atom. The number of aromatic nitrogens is 1. The third-order valence-corrected chi connectivity index (χ3v) is 6.29. The van der Waals surface area contributed by atoms with Crippen molar-refractivity contribution in [3.8, 4) is 0 Å². The third-order valence-electron chi connectivity index (χ3n) is 3.23. The Bertz CT molecular complexity index is 631. The van der Waals surface area contributed by atoms with Crippen LogP contribution in [0.4, 0.5) is 0 Å². The van der Waals surface area contributed by atoms with Gasteiger partial charge in [-0.25, -0.2) is 4.98 Å². The summed E-state index contributed by atoms with van der Waals surface area (Å²) >= 11 is 6.94. The Hall–Kier alpha value is -0.850. The molecule has 0 aliphatic rings. The molecular formula is C17H21BrN2OS2. The van der Waals surface area contributed by atoms with Crippen molar-refractivity contribution in [2.45, 2.75) is 37.5 Å². The molecule has 1 N–H and O–H groups in total. The van der Waals surface area contributed by atoms with Gasteiger partial charge in [-0.2, -0.15) is 0 Å². The second kappa shape index (κ2) is 10.1. The number of rotatable bonds is 9. The molecule has 0 unspecified atom stereocenters. The smallest absolute Gasteiger partial charge is 0.220 e. The van der Waals surface area contributed by atoms with E-state index in [1.807, 2.05) is 25.1 Å². The second-order valence-corrected chi connectivity index (χ2v) is 8.15. The highest BCUT2D eigenvalue weighted by atomic mass is 79.9. The number of aryl methyl sites for hydroxylation is 2. The molecule has 0 fully saturated rings. The Morgan fingerprint density at radius 3 is 2.91 bits per heavy atom. The number of carbonyl (C=O) groups excluding carboxylic acids is 1. The minimum absolute atomic E-state index is 0.134. The molecule has 0 spiro atoms. The molecule has 1 aromatic carbocycles. The highest BCUT2D eigenvalue weighted by Crippen LogP contribution is 2.27. The molecule has 3 nitrogen and oxygen atoms in total. The monoisotopic (exact) mass is 412 g/mol. The summed E-state index contributed by atoms with van der Waals surface area (Å²) in [6.07, 6.45) is 3.63. The molecule has 0 saturated carbocycles. The van der Waals surface area contributed by atoms with Gasteiger partial charge in [-0.1, -0.05) is 12.1 Å². The van der Waals surface area contributed by atoms with E-state index in [4.69, 9.17) is 0 Å². The Labute approximate surface area is 154 Å². The van der Waals surface area contributed by atoms with E-state index in [9.17, 15) is 4.79 Å². The van der Waals surface area contributed by atoms with E-state index in [-0.39, 0.29) is 5.91 Å². The van der Waals surface area contributed by atoms with Gasteiger partial charge in [0.05, 0.1) is 5.01 Å². The van der Waals surface area contributed by atoms with E-state index in [2.05, 4.69) is 37.7 Å². The number of hydrogen-bond acceptors (Lipinski definition) is 4. The quantitative estimate of drug-likeness (QED) is 0.473. The van der Waals surface area contributed by atoms with Gasteiger partial charge in [0, 0.05) is 39.2 Å². The zero-order valence-electron chi connectivity index (χ0n) is 13.2. The summed E-state index contributed by atoms with van der Waals surface area (Å²) < 4.78 is 1.09. The topological polar surface area (TPSA) is 42.0 Å². The minimum Gasteiger partial charge on any atom is -0.356 e. The summed E-state index contributed by atoms with van der Waals surface area (Å²) in [5.41, 5.74) is 1.10. The third kappa shape index (κ3) is 7.06. The predicted molar refractivity (Wildman–Crippen MR) is 102 cm³/mol. The largest absolute Gasteiger partial charge is 0.356 e. The fourth-order valence-corrected chi connectivity index (χ4v) is 4.38. The van der Waals surface area contributed by atoms with Crippen LogP contribution in [0, 0.1) is 6.92 Å². The Morgan fingerprint density at radius 2 is 2.17 bits per heavy atom. The predicted octanol–water partition coefficient (Wildman–Crippen LogP) is 4.84. The molecule has 1 heterocycles. The lowest BCUT2D eigenvalue weighted by atomic mass is 10.2. The average Bonchev–Trinajstić information content (AvgIpc) is 2.94. The van der Waals surface area contributed by atoms with Gasteiger partial charge in [-0.15, -0.1) is 23.1 Å².